The van der Waals surface area contributed by atoms with Gasteiger partial charge in [-0.3, -0.25) is 0 Å². The predicted octanol–water partition coefficient (Wildman–Crippen LogP) is 1.70. The van der Waals surface area contributed by atoms with E-state index in [0.29, 0.717) is 36.1 Å². The number of nitrogens with zero attached hydrogens (tertiary/aromatic N) is 4. The summed E-state index contributed by atoms with van der Waals surface area (Å²) < 4.78 is 5.36. The van der Waals surface area contributed by atoms with Gasteiger partial charge in [0.1, 0.15) is 5.69 Å². The van der Waals surface area contributed by atoms with E-state index in [1.54, 1.807) is 25.3 Å². The first kappa shape index (κ1) is 21.2. The minimum Gasteiger partial charge on any atom is -0.423 e. The quantitative estimate of drug-likeness (QED) is 0.498. The summed E-state index contributed by atoms with van der Waals surface area (Å²) in [7, 11) is 0.214. The van der Waals surface area contributed by atoms with Crippen LogP contribution in [0.1, 0.15) is 29.3 Å². The van der Waals surface area contributed by atoms with Crippen molar-refractivity contribution in [2.45, 2.75) is 39.5 Å². The van der Waals surface area contributed by atoms with Crippen LogP contribution in [-0.4, -0.2) is 45.5 Å². The van der Waals surface area contributed by atoms with Crippen molar-refractivity contribution < 1.29 is 14.8 Å². The summed E-state index contributed by atoms with van der Waals surface area (Å²) in [6.07, 6.45) is 0.894. The van der Waals surface area contributed by atoms with E-state index < -0.39 is 7.12 Å². The lowest BCUT2D eigenvalue weighted by molar-refractivity contribution is 0.184. The lowest BCUT2D eigenvalue weighted by atomic mass is 9.80. The van der Waals surface area contributed by atoms with Crippen LogP contribution in [-0.2, 0) is 24.3 Å². The third-order valence-corrected chi connectivity index (χ3v) is 5.52. The molecule has 1 atom stereocenters. The molecule has 2 aromatic carbocycles. The zero-order valence-corrected chi connectivity index (χ0v) is 17.9. The minimum absolute atomic E-state index is 0.202. The molecule has 1 aliphatic heterocycles. The number of aromatic nitrogens is 3. The Morgan fingerprint density at radius 2 is 2.00 bits per heavy atom. The van der Waals surface area contributed by atoms with Crippen molar-refractivity contribution >= 4 is 30.0 Å². The van der Waals surface area contributed by atoms with Crippen molar-refractivity contribution in [3.05, 3.63) is 64.8 Å². The second-order valence-corrected chi connectivity index (χ2v) is 7.79. The van der Waals surface area contributed by atoms with Crippen molar-refractivity contribution in [1.82, 2.24) is 15.2 Å². The molecule has 31 heavy (non-hydrogen) atoms. The van der Waals surface area contributed by atoms with Gasteiger partial charge >= 0.3 is 7.12 Å². The number of aryl methyl sites for hydroxylation is 1. The average Bonchev–Trinajstić information content (AvgIpc) is 3.10. The third kappa shape index (κ3) is 4.39. The molecule has 0 amide bonds. The van der Waals surface area contributed by atoms with Crippen LogP contribution in [0.15, 0.2) is 42.5 Å². The number of hydrogen-bond acceptors (Lipinski definition) is 8. The highest BCUT2D eigenvalue weighted by molar-refractivity contribution is 6.58. The maximum absolute atomic E-state index is 9.38. The number of nitrogens with one attached hydrogen (secondary N) is 1. The van der Waals surface area contributed by atoms with E-state index in [1.807, 2.05) is 19.1 Å². The SMILES string of the molecule is COCc1cccc2c1CC(C)N2c1nnc(C)c(NCc2cccc(B(O)O)c2)n1. The Hall–Kier alpha value is -3.01. The number of anilines is 3. The minimum atomic E-state index is -1.49. The summed E-state index contributed by atoms with van der Waals surface area (Å²) in [6, 6.07) is 13.5. The van der Waals surface area contributed by atoms with E-state index in [9.17, 15) is 10.0 Å². The van der Waals surface area contributed by atoms with Gasteiger partial charge in [-0.15, -0.1) is 10.2 Å². The van der Waals surface area contributed by atoms with E-state index >= 15 is 0 Å². The van der Waals surface area contributed by atoms with E-state index in [4.69, 9.17) is 9.72 Å². The summed E-state index contributed by atoms with van der Waals surface area (Å²) >= 11 is 0. The molecule has 0 bridgehead atoms. The Kier molecular flexibility index (Phi) is 6.17. The Morgan fingerprint density at radius 3 is 2.77 bits per heavy atom. The highest BCUT2D eigenvalue weighted by Crippen LogP contribution is 2.38. The Bertz CT molecular complexity index is 1080. The fourth-order valence-corrected chi connectivity index (χ4v) is 3.99. The van der Waals surface area contributed by atoms with Gasteiger partial charge < -0.3 is 25.0 Å². The topological polar surface area (TPSA) is 104 Å². The standard InChI is InChI=1S/C22H26BN5O3/c1-14-10-19-17(13-31-3)7-5-9-20(19)28(14)22-25-21(15(2)26-27-22)24-12-16-6-4-8-18(11-16)23(29)30/h4-9,11,14,29-30H,10,12-13H2,1-3H3,(H,24,25,27). The number of fused-ring (bicyclic) bond motifs is 1. The zero-order valence-electron chi connectivity index (χ0n) is 17.9. The molecular weight excluding hydrogens is 393 g/mol. The third-order valence-electron chi connectivity index (χ3n) is 5.52. The molecule has 0 spiro atoms. The van der Waals surface area contributed by atoms with Crippen molar-refractivity contribution in [1.29, 1.82) is 0 Å². The van der Waals surface area contributed by atoms with Gasteiger partial charge in [0.15, 0.2) is 5.82 Å². The summed E-state index contributed by atoms with van der Waals surface area (Å²) in [5.41, 5.74) is 5.58. The van der Waals surface area contributed by atoms with Crippen LogP contribution in [0.5, 0.6) is 0 Å². The molecule has 1 aromatic heterocycles. The van der Waals surface area contributed by atoms with E-state index in [2.05, 4.69) is 39.5 Å². The van der Waals surface area contributed by atoms with Gasteiger partial charge in [-0.05, 0) is 48.5 Å². The molecule has 0 saturated carbocycles. The zero-order chi connectivity index (χ0) is 22.0. The number of benzene rings is 2. The molecule has 0 aliphatic carbocycles. The van der Waals surface area contributed by atoms with Gasteiger partial charge in [-0.1, -0.05) is 36.4 Å². The van der Waals surface area contributed by atoms with Crippen LogP contribution >= 0.6 is 0 Å². The normalized spacial score (nSPS) is 15.1. The predicted molar refractivity (Wildman–Crippen MR) is 121 cm³/mol. The molecule has 3 N–H and O–H groups in total. The first-order valence-corrected chi connectivity index (χ1v) is 10.3. The van der Waals surface area contributed by atoms with Crippen molar-refractivity contribution in [2.75, 3.05) is 17.3 Å². The van der Waals surface area contributed by atoms with E-state index in [0.717, 1.165) is 17.7 Å². The van der Waals surface area contributed by atoms with E-state index in [-0.39, 0.29) is 6.04 Å². The summed E-state index contributed by atoms with van der Waals surface area (Å²) in [4.78, 5) is 6.88. The number of methoxy groups -OCH3 is 1. The number of ether oxygens (including phenoxy) is 1. The molecule has 160 valence electrons. The molecule has 9 heteroatoms. The van der Waals surface area contributed by atoms with Gasteiger partial charge in [0.25, 0.3) is 5.95 Å². The molecular formula is C22H26BN5O3. The highest BCUT2D eigenvalue weighted by Gasteiger charge is 2.31. The fraction of sp³-hybridized carbons (Fsp3) is 0.318. The highest BCUT2D eigenvalue weighted by atomic mass is 16.5. The van der Waals surface area contributed by atoms with Crippen LogP contribution in [0.25, 0.3) is 0 Å². The second-order valence-electron chi connectivity index (χ2n) is 7.79. The summed E-state index contributed by atoms with van der Waals surface area (Å²) in [5, 5.41) is 30.8. The molecule has 3 aromatic rings. The van der Waals surface area contributed by atoms with Crippen LogP contribution < -0.4 is 15.7 Å². The summed E-state index contributed by atoms with van der Waals surface area (Å²) in [6.45, 7) is 5.06. The molecule has 1 unspecified atom stereocenters. The smallest absolute Gasteiger partial charge is 0.423 e. The van der Waals surface area contributed by atoms with Crippen LogP contribution in [0.4, 0.5) is 17.5 Å². The molecule has 1 aliphatic rings. The van der Waals surface area contributed by atoms with Gasteiger partial charge in [0, 0.05) is 25.4 Å². The fourth-order valence-electron chi connectivity index (χ4n) is 3.99. The maximum Gasteiger partial charge on any atom is 0.488 e. The Balaban J connectivity index is 1.59. The Morgan fingerprint density at radius 1 is 1.19 bits per heavy atom. The first-order valence-electron chi connectivity index (χ1n) is 10.3. The van der Waals surface area contributed by atoms with Gasteiger partial charge in [0.2, 0.25) is 0 Å². The lowest BCUT2D eigenvalue weighted by Gasteiger charge is -2.23. The van der Waals surface area contributed by atoms with Gasteiger partial charge in [-0.2, -0.15) is 4.98 Å². The van der Waals surface area contributed by atoms with Crippen LogP contribution in [0.2, 0.25) is 0 Å². The van der Waals surface area contributed by atoms with Gasteiger partial charge in [0.05, 0.1) is 6.61 Å². The molecule has 8 nitrogen and oxygen atoms in total. The average molecular weight is 419 g/mol. The van der Waals surface area contributed by atoms with E-state index in [1.165, 1.54) is 11.1 Å². The molecule has 0 saturated heterocycles. The van der Waals surface area contributed by atoms with Crippen molar-refractivity contribution in [3.8, 4) is 0 Å². The van der Waals surface area contributed by atoms with Crippen molar-refractivity contribution in [2.24, 2.45) is 0 Å². The molecule has 4 rings (SSSR count). The first-order chi connectivity index (χ1) is 15.0. The molecule has 0 radical (unpaired) electrons. The lowest BCUT2D eigenvalue weighted by Crippen LogP contribution is -2.30. The summed E-state index contributed by atoms with van der Waals surface area (Å²) in [5.74, 6) is 1.20. The number of rotatable bonds is 7. The Labute approximate surface area is 182 Å². The monoisotopic (exact) mass is 419 g/mol. The number of hydrogen-bond donors (Lipinski definition) is 3. The molecule has 2 heterocycles. The second kappa shape index (κ2) is 9.01. The van der Waals surface area contributed by atoms with Gasteiger partial charge in [-0.25, -0.2) is 0 Å². The largest absolute Gasteiger partial charge is 0.488 e. The molecule has 0 fully saturated rings. The maximum atomic E-state index is 9.38. The van der Waals surface area contributed by atoms with Crippen LogP contribution in [0.3, 0.4) is 0 Å². The van der Waals surface area contributed by atoms with Crippen molar-refractivity contribution in [3.63, 3.8) is 0 Å². The van der Waals surface area contributed by atoms with Crippen LogP contribution in [0, 0.1) is 6.92 Å².